The zero-order valence-electron chi connectivity index (χ0n) is 16.6. The van der Waals surface area contributed by atoms with Crippen molar-refractivity contribution in [3.63, 3.8) is 0 Å². The Hall–Kier alpha value is -2.79. The Morgan fingerprint density at radius 1 is 0.966 bits per heavy atom. The number of benzene rings is 2. The van der Waals surface area contributed by atoms with E-state index in [0.29, 0.717) is 6.61 Å². The predicted molar refractivity (Wildman–Crippen MR) is 121 cm³/mol. The Balaban J connectivity index is 1.31. The number of aryl methyl sites for hydroxylation is 1. The molecule has 5 heteroatoms. The van der Waals surface area contributed by atoms with Crippen LogP contribution in [-0.2, 0) is 0 Å². The second-order valence-corrected chi connectivity index (χ2v) is 7.89. The molecule has 1 aromatic heterocycles. The SMILES string of the molecule is Cc1cc(SCCCCCOc2ccc(/C=C/c3ccccc3)cc2)nc(=O)[nH]1. The molecule has 0 atom stereocenters. The van der Waals surface area contributed by atoms with Gasteiger partial charge in [0.2, 0.25) is 0 Å². The van der Waals surface area contributed by atoms with Crippen LogP contribution in [0.3, 0.4) is 0 Å². The first kappa shape index (κ1) is 20.9. The second kappa shape index (κ2) is 11.3. The van der Waals surface area contributed by atoms with Crippen molar-refractivity contribution in [2.45, 2.75) is 31.2 Å². The molecule has 4 nitrogen and oxygen atoms in total. The van der Waals surface area contributed by atoms with Crippen molar-refractivity contribution in [1.82, 2.24) is 9.97 Å². The van der Waals surface area contributed by atoms with Gasteiger partial charge in [0.25, 0.3) is 0 Å². The quantitative estimate of drug-likeness (QED) is 0.206. The number of hydrogen-bond acceptors (Lipinski definition) is 4. The summed E-state index contributed by atoms with van der Waals surface area (Å²) in [6.45, 7) is 2.59. The van der Waals surface area contributed by atoms with Gasteiger partial charge in [-0.05, 0) is 61.3 Å². The fraction of sp³-hybridized carbons (Fsp3) is 0.250. The number of ether oxygens (including phenoxy) is 1. The van der Waals surface area contributed by atoms with Gasteiger partial charge in [0.1, 0.15) is 10.8 Å². The molecular formula is C24H26N2O2S. The summed E-state index contributed by atoms with van der Waals surface area (Å²) in [5.74, 6) is 1.86. The van der Waals surface area contributed by atoms with E-state index in [4.69, 9.17) is 4.74 Å². The Bertz CT molecular complexity index is 966. The number of thioether (sulfide) groups is 1. The Morgan fingerprint density at radius 2 is 1.69 bits per heavy atom. The van der Waals surface area contributed by atoms with Crippen molar-refractivity contribution in [1.29, 1.82) is 0 Å². The van der Waals surface area contributed by atoms with Gasteiger partial charge in [0, 0.05) is 5.69 Å². The lowest BCUT2D eigenvalue weighted by atomic mass is 10.1. The molecule has 3 aromatic rings. The summed E-state index contributed by atoms with van der Waals surface area (Å²) < 4.78 is 5.83. The second-order valence-electron chi connectivity index (χ2n) is 6.78. The molecule has 1 N–H and O–H groups in total. The van der Waals surface area contributed by atoms with E-state index in [9.17, 15) is 4.79 Å². The van der Waals surface area contributed by atoms with E-state index < -0.39 is 0 Å². The first-order valence-electron chi connectivity index (χ1n) is 9.86. The number of unbranched alkanes of at least 4 members (excludes halogenated alkanes) is 2. The predicted octanol–water partition coefficient (Wildman–Crippen LogP) is 5.59. The van der Waals surface area contributed by atoms with E-state index in [1.165, 1.54) is 5.56 Å². The third-order valence-electron chi connectivity index (χ3n) is 4.31. The fourth-order valence-electron chi connectivity index (χ4n) is 2.80. The lowest BCUT2D eigenvalue weighted by Crippen LogP contribution is -2.11. The number of aromatic amines is 1. The molecule has 0 amide bonds. The van der Waals surface area contributed by atoms with Crippen LogP contribution in [0.1, 0.15) is 36.1 Å². The van der Waals surface area contributed by atoms with Crippen molar-refractivity contribution in [3.05, 3.63) is 88.0 Å². The van der Waals surface area contributed by atoms with Crippen molar-refractivity contribution < 1.29 is 4.74 Å². The summed E-state index contributed by atoms with van der Waals surface area (Å²) in [6.07, 6.45) is 7.39. The molecule has 0 aliphatic carbocycles. The summed E-state index contributed by atoms with van der Waals surface area (Å²) in [6, 6.07) is 20.4. The third kappa shape index (κ3) is 7.62. The van der Waals surface area contributed by atoms with Gasteiger partial charge in [-0.3, -0.25) is 0 Å². The lowest BCUT2D eigenvalue weighted by Gasteiger charge is -2.06. The minimum absolute atomic E-state index is 0.275. The van der Waals surface area contributed by atoms with E-state index >= 15 is 0 Å². The van der Waals surface area contributed by atoms with E-state index in [2.05, 4.69) is 46.4 Å². The van der Waals surface area contributed by atoms with Gasteiger partial charge in [0.05, 0.1) is 6.61 Å². The zero-order valence-corrected chi connectivity index (χ0v) is 17.5. The van der Waals surface area contributed by atoms with Gasteiger partial charge >= 0.3 is 5.69 Å². The standard InChI is InChI=1S/C24H26N2O2S/c1-19-18-23(26-24(27)25-19)29-17-7-3-6-16-28-22-14-12-21(13-15-22)11-10-20-8-4-2-5-9-20/h2,4-5,8-15,18H,3,6-7,16-17H2,1H3,(H,25,26,27)/b11-10+. The number of nitrogens with one attached hydrogen (secondary N) is 1. The molecule has 0 unspecified atom stereocenters. The van der Waals surface area contributed by atoms with Gasteiger partial charge in [-0.15, -0.1) is 11.8 Å². The molecule has 3 rings (SSSR count). The average Bonchev–Trinajstić information content (AvgIpc) is 2.72. The number of nitrogens with zero attached hydrogens (tertiary/aromatic N) is 1. The van der Waals surface area contributed by atoms with E-state index in [0.717, 1.165) is 47.0 Å². The maximum atomic E-state index is 11.3. The molecule has 0 spiro atoms. The maximum absolute atomic E-state index is 11.3. The number of H-pyrrole nitrogens is 1. The van der Waals surface area contributed by atoms with Crippen LogP contribution in [0.15, 0.2) is 70.5 Å². The van der Waals surface area contributed by atoms with E-state index in [1.807, 2.05) is 43.3 Å². The van der Waals surface area contributed by atoms with Crippen LogP contribution in [-0.4, -0.2) is 22.3 Å². The largest absolute Gasteiger partial charge is 0.494 e. The van der Waals surface area contributed by atoms with Crippen molar-refractivity contribution in [3.8, 4) is 5.75 Å². The molecule has 29 heavy (non-hydrogen) atoms. The van der Waals surface area contributed by atoms with Gasteiger partial charge < -0.3 is 9.72 Å². The van der Waals surface area contributed by atoms with E-state index in [1.54, 1.807) is 11.8 Å². The summed E-state index contributed by atoms with van der Waals surface area (Å²) in [7, 11) is 0. The first-order valence-corrected chi connectivity index (χ1v) is 10.8. The van der Waals surface area contributed by atoms with E-state index in [-0.39, 0.29) is 5.69 Å². The summed E-state index contributed by atoms with van der Waals surface area (Å²) in [4.78, 5) is 18.0. The molecule has 0 fully saturated rings. The summed E-state index contributed by atoms with van der Waals surface area (Å²) in [5, 5.41) is 0.795. The molecule has 150 valence electrons. The van der Waals surface area contributed by atoms with Gasteiger partial charge in [-0.2, -0.15) is 4.98 Å². The van der Waals surface area contributed by atoms with Crippen molar-refractivity contribution in [2.24, 2.45) is 0 Å². The molecule has 0 radical (unpaired) electrons. The first-order chi connectivity index (χ1) is 14.2. The monoisotopic (exact) mass is 406 g/mol. The number of rotatable bonds is 10. The average molecular weight is 407 g/mol. The molecule has 0 aliphatic heterocycles. The van der Waals surface area contributed by atoms with Crippen LogP contribution < -0.4 is 10.4 Å². The van der Waals surface area contributed by atoms with Crippen LogP contribution in [0, 0.1) is 6.92 Å². The number of aromatic nitrogens is 2. The molecule has 0 saturated carbocycles. The molecular weight excluding hydrogens is 380 g/mol. The maximum Gasteiger partial charge on any atom is 0.346 e. The lowest BCUT2D eigenvalue weighted by molar-refractivity contribution is 0.306. The van der Waals surface area contributed by atoms with Gasteiger partial charge in [-0.1, -0.05) is 54.6 Å². The smallest absolute Gasteiger partial charge is 0.346 e. The zero-order chi connectivity index (χ0) is 20.3. The minimum Gasteiger partial charge on any atom is -0.494 e. The Morgan fingerprint density at radius 3 is 2.41 bits per heavy atom. The highest BCUT2D eigenvalue weighted by Crippen LogP contribution is 2.17. The minimum atomic E-state index is -0.275. The highest BCUT2D eigenvalue weighted by molar-refractivity contribution is 7.99. The molecule has 0 aliphatic rings. The van der Waals surface area contributed by atoms with Crippen LogP contribution in [0.2, 0.25) is 0 Å². The molecule has 2 aromatic carbocycles. The summed E-state index contributed by atoms with van der Waals surface area (Å²) in [5.41, 5.74) is 2.92. The van der Waals surface area contributed by atoms with Crippen LogP contribution in [0.4, 0.5) is 0 Å². The Labute approximate surface area is 176 Å². The van der Waals surface area contributed by atoms with Crippen LogP contribution in [0.5, 0.6) is 5.75 Å². The van der Waals surface area contributed by atoms with Crippen LogP contribution in [0.25, 0.3) is 12.2 Å². The molecule has 0 saturated heterocycles. The van der Waals surface area contributed by atoms with Crippen molar-refractivity contribution in [2.75, 3.05) is 12.4 Å². The molecule has 0 bridgehead atoms. The van der Waals surface area contributed by atoms with Crippen LogP contribution >= 0.6 is 11.8 Å². The Kier molecular flexibility index (Phi) is 8.13. The number of hydrogen-bond donors (Lipinski definition) is 1. The topological polar surface area (TPSA) is 55.0 Å². The normalized spacial score (nSPS) is 11.1. The third-order valence-corrected chi connectivity index (χ3v) is 5.31. The summed E-state index contributed by atoms with van der Waals surface area (Å²) >= 11 is 1.63. The van der Waals surface area contributed by atoms with Crippen molar-refractivity contribution >= 4 is 23.9 Å². The molecule has 1 heterocycles. The highest BCUT2D eigenvalue weighted by atomic mass is 32.2. The highest BCUT2D eigenvalue weighted by Gasteiger charge is 2.00. The fourth-order valence-corrected chi connectivity index (χ4v) is 3.77. The van der Waals surface area contributed by atoms with Gasteiger partial charge in [0.15, 0.2) is 0 Å². The van der Waals surface area contributed by atoms with Gasteiger partial charge in [-0.25, -0.2) is 4.79 Å².